The number of nitrogens with one attached hydrogen (secondary N) is 2. The fraction of sp³-hybridized carbons (Fsp3) is 0.500. The lowest BCUT2D eigenvalue weighted by Gasteiger charge is -2.43. The number of aliphatic hydroxyl groups is 1. The summed E-state index contributed by atoms with van der Waals surface area (Å²) in [5.74, 6) is -6.62. The highest BCUT2D eigenvalue weighted by Gasteiger charge is 2.58. The summed E-state index contributed by atoms with van der Waals surface area (Å²) >= 11 is 6.28. The van der Waals surface area contributed by atoms with E-state index in [9.17, 15) is 36.3 Å². The molecule has 222 valence electrons. The Hall–Kier alpha value is -2.67. The van der Waals surface area contributed by atoms with Gasteiger partial charge in [0.15, 0.2) is 27.3 Å². The molecule has 6 atom stereocenters. The minimum atomic E-state index is -4.08. The van der Waals surface area contributed by atoms with Gasteiger partial charge >= 0.3 is 0 Å². The Labute approximate surface area is 240 Å². The molecular weight excluding hydrogens is 585 g/mol. The van der Waals surface area contributed by atoms with Crippen molar-refractivity contribution in [3.8, 4) is 0 Å². The van der Waals surface area contributed by atoms with Gasteiger partial charge in [0.2, 0.25) is 5.91 Å². The zero-order valence-corrected chi connectivity index (χ0v) is 23.7. The molecule has 2 aromatic carbocycles. The number of fused-ring (bicyclic) bond motifs is 2. The summed E-state index contributed by atoms with van der Waals surface area (Å²) < 4.78 is 73.5. The van der Waals surface area contributed by atoms with E-state index < -0.39 is 62.0 Å². The quantitative estimate of drug-likeness (QED) is 0.401. The van der Waals surface area contributed by atoms with Gasteiger partial charge in [-0.1, -0.05) is 18.5 Å². The molecule has 3 unspecified atom stereocenters. The molecule has 2 saturated carbocycles. The van der Waals surface area contributed by atoms with Crippen molar-refractivity contribution < 1.29 is 41.0 Å². The first-order chi connectivity index (χ1) is 19.3. The van der Waals surface area contributed by atoms with Crippen LogP contribution >= 0.6 is 11.6 Å². The molecule has 2 aromatic rings. The minimum absolute atomic E-state index is 0.000872. The number of benzene rings is 2. The van der Waals surface area contributed by atoms with Crippen molar-refractivity contribution in [3.05, 3.63) is 58.4 Å². The van der Waals surface area contributed by atoms with E-state index in [-0.39, 0.29) is 52.4 Å². The van der Waals surface area contributed by atoms with Crippen LogP contribution < -0.4 is 10.6 Å². The molecule has 5 rings (SSSR count). The van der Waals surface area contributed by atoms with E-state index in [1.807, 2.05) is 6.92 Å². The Morgan fingerprint density at radius 1 is 1.12 bits per heavy atom. The van der Waals surface area contributed by atoms with Gasteiger partial charge in [-0.3, -0.25) is 9.59 Å². The van der Waals surface area contributed by atoms with Crippen LogP contribution in [0.1, 0.15) is 49.4 Å². The van der Waals surface area contributed by atoms with E-state index in [0.717, 1.165) is 12.5 Å². The number of sulfone groups is 1. The molecule has 13 heteroatoms. The second-order valence-corrected chi connectivity index (χ2v) is 13.8. The number of halogens is 4. The second-order valence-electron chi connectivity index (χ2n) is 11.2. The predicted molar refractivity (Wildman–Crippen MR) is 144 cm³/mol. The number of hydrogen-bond acceptors (Lipinski definition) is 6. The molecule has 1 heterocycles. The number of carbonyl (C=O) groups excluding carboxylic acids is 2. The lowest BCUT2D eigenvalue weighted by atomic mass is 9.73. The number of carbonyl (C=O) groups is 2. The van der Waals surface area contributed by atoms with E-state index in [0.29, 0.717) is 31.6 Å². The average Bonchev–Trinajstić information content (AvgIpc) is 3.48. The Morgan fingerprint density at radius 3 is 2.46 bits per heavy atom. The van der Waals surface area contributed by atoms with Crippen LogP contribution in [0.3, 0.4) is 0 Å². The summed E-state index contributed by atoms with van der Waals surface area (Å²) in [5, 5.41) is 15.7. The molecular formula is C28H30ClF3N2O6S. The maximum absolute atomic E-state index is 13.8. The highest BCUT2D eigenvalue weighted by molar-refractivity contribution is 7.92. The SMILES string of the molecule is C[C@H]1CC2CC(S(=O)(=O)c3cc(C(=O)Nc4cc(F)c(F)c(F)c4)ccc3Cl)CC1[C@@]2(O)CNC(=O)[C@H]1CCCO1. The molecule has 0 spiro atoms. The Balaban J connectivity index is 1.33. The molecule has 41 heavy (non-hydrogen) atoms. The van der Waals surface area contributed by atoms with Gasteiger partial charge in [-0.05, 0) is 68.1 Å². The normalized spacial score (nSPS) is 29.4. The van der Waals surface area contributed by atoms with E-state index in [1.165, 1.54) is 12.1 Å². The Bertz CT molecular complexity index is 1460. The van der Waals surface area contributed by atoms with Gasteiger partial charge in [0, 0.05) is 36.5 Å². The second kappa shape index (κ2) is 11.2. The van der Waals surface area contributed by atoms with Crippen molar-refractivity contribution in [2.75, 3.05) is 18.5 Å². The fourth-order valence-electron chi connectivity index (χ4n) is 6.57. The van der Waals surface area contributed by atoms with Gasteiger partial charge in [-0.2, -0.15) is 0 Å². The standard InChI is InChI=1S/C28H30ClF3N2O6S/c1-14-7-16-9-18(12-19(14)28(16,37)13-33-27(36)23-3-2-6-40-23)41(38,39)24-8-15(4-5-20(24)29)26(35)34-17-10-21(30)25(32)22(31)11-17/h4-5,8,10-11,14,16,18-19,23,37H,2-3,6-7,9,12-13H2,1H3,(H,33,36)(H,34,35)/t14-,16?,18?,19?,23+,28+/m0/s1. The minimum Gasteiger partial charge on any atom is -0.387 e. The molecule has 2 aliphatic carbocycles. The molecule has 0 aromatic heterocycles. The Kier molecular flexibility index (Phi) is 8.14. The largest absolute Gasteiger partial charge is 0.387 e. The van der Waals surface area contributed by atoms with Gasteiger partial charge in [0.1, 0.15) is 6.10 Å². The van der Waals surface area contributed by atoms with Crippen molar-refractivity contribution in [2.24, 2.45) is 17.8 Å². The highest BCUT2D eigenvalue weighted by atomic mass is 35.5. The summed E-state index contributed by atoms with van der Waals surface area (Å²) in [6.07, 6.45) is 1.72. The molecule has 1 saturated heterocycles. The Morgan fingerprint density at radius 2 is 1.83 bits per heavy atom. The van der Waals surface area contributed by atoms with Gasteiger partial charge in [0.25, 0.3) is 5.91 Å². The molecule has 2 amide bonds. The van der Waals surface area contributed by atoms with E-state index in [4.69, 9.17) is 16.3 Å². The van der Waals surface area contributed by atoms with Crippen LogP contribution in [0.5, 0.6) is 0 Å². The number of ether oxygens (including phenoxy) is 1. The summed E-state index contributed by atoms with van der Waals surface area (Å²) in [4.78, 5) is 25.0. The number of hydrogen-bond donors (Lipinski definition) is 3. The topological polar surface area (TPSA) is 122 Å². The van der Waals surface area contributed by atoms with Crippen molar-refractivity contribution >= 4 is 38.9 Å². The molecule has 3 aliphatic rings. The van der Waals surface area contributed by atoms with Crippen LogP contribution in [0.4, 0.5) is 18.9 Å². The molecule has 8 nitrogen and oxygen atoms in total. The summed E-state index contributed by atoms with van der Waals surface area (Å²) in [5.41, 5.74) is -1.77. The summed E-state index contributed by atoms with van der Waals surface area (Å²) in [6, 6.07) is 4.80. The number of rotatable bonds is 7. The van der Waals surface area contributed by atoms with Crippen LogP contribution in [0.15, 0.2) is 35.2 Å². The molecule has 2 bridgehead atoms. The first-order valence-electron chi connectivity index (χ1n) is 13.4. The van der Waals surface area contributed by atoms with Gasteiger partial charge in [-0.15, -0.1) is 0 Å². The summed E-state index contributed by atoms with van der Waals surface area (Å²) in [6.45, 7) is 2.46. The molecule has 3 fully saturated rings. The third-order valence-electron chi connectivity index (χ3n) is 8.70. The third-order valence-corrected chi connectivity index (χ3v) is 11.4. The smallest absolute Gasteiger partial charge is 0.255 e. The van der Waals surface area contributed by atoms with Crippen molar-refractivity contribution in [1.82, 2.24) is 5.32 Å². The monoisotopic (exact) mass is 614 g/mol. The zero-order chi connectivity index (χ0) is 29.7. The molecule has 0 radical (unpaired) electrons. The van der Waals surface area contributed by atoms with E-state index in [1.54, 1.807) is 0 Å². The zero-order valence-electron chi connectivity index (χ0n) is 22.1. The maximum Gasteiger partial charge on any atom is 0.255 e. The maximum atomic E-state index is 13.8. The highest BCUT2D eigenvalue weighted by Crippen LogP contribution is 2.54. The van der Waals surface area contributed by atoms with Gasteiger partial charge in [-0.25, -0.2) is 21.6 Å². The molecule has 3 N–H and O–H groups in total. The first kappa shape index (κ1) is 29.8. The predicted octanol–water partition coefficient (Wildman–Crippen LogP) is 4.24. The fourth-order valence-corrected chi connectivity index (χ4v) is 8.95. The van der Waals surface area contributed by atoms with Gasteiger partial charge < -0.3 is 20.5 Å². The van der Waals surface area contributed by atoms with Crippen LogP contribution in [0.25, 0.3) is 0 Å². The van der Waals surface area contributed by atoms with Crippen molar-refractivity contribution in [2.45, 2.75) is 60.9 Å². The molecule has 1 aliphatic heterocycles. The van der Waals surface area contributed by atoms with Crippen LogP contribution in [0, 0.1) is 35.2 Å². The first-order valence-corrected chi connectivity index (χ1v) is 15.3. The van der Waals surface area contributed by atoms with Gasteiger partial charge in [0.05, 0.1) is 20.8 Å². The van der Waals surface area contributed by atoms with Crippen molar-refractivity contribution in [1.29, 1.82) is 0 Å². The van der Waals surface area contributed by atoms with Crippen LogP contribution in [0.2, 0.25) is 5.02 Å². The van der Waals surface area contributed by atoms with Crippen molar-refractivity contribution in [3.63, 3.8) is 0 Å². The third kappa shape index (κ3) is 5.59. The number of amides is 2. The van der Waals surface area contributed by atoms with Crippen LogP contribution in [-0.4, -0.2) is 55.4 Å². The van der Waals surface area contributed by atoms with Crippen LogP contribution in [-0.2, 0) is 19.4 Å². The van der Waals surface area contributed by atoms with E-state index in [2.05, 4.69) is 10.6 Å². The average molecular weight is 615 g/mol. The number of anilines is 1. The van der Waals surface area contributed by atoms with E-state index >= 15 is 0 Å². The lowest BCUT2D eigenvalue weighted by Crippen LogP contribution is -2.56. The lowest BCUT2D eigenvalue weighted by molar-refractivity contribution is -0.133. The summed E-state index contributed by atoms with van der Waals surface area (Å²) in [7, 11) is -4.08.